The van der Waals surface area contributed by atoms with Crippen LogP contribution in [0.3, 0.4) is 0 Å². The molecule has 3 N–H and O–H groups in total. The van der Waals surface area contributed by atoms with E-state index in [2.05, 4.69) is 34.4 Å². The maximum atomic E-state index is 12.4. The van der Waals surface area contributed by atoms with Crippen LogP contribution in [-0.4, -0.2) is 40.9 Å². The lowest BCUT2D eigenvalue weighted by Crippen LogP contribution is -2.41. The van der Waals surface area contributed by atoms with Gasteiger partial charge in [0.1, 0.15) is 5.02 Å². The number of amides is 1. The first-order valence-corrected chi connectivity index (χ1v) is 12.5. The summed E-state index contributed by atoms with van der Waals surface area (Å²) in [6.07, 6.45) is 5.25. The van der Waals surface area contributed by atoms with Crippen molar-refractivity contribution in [1.29, 1.82) is 0 Å². The lowest BCUT2D eigenvalue weighted by atomic mass is 9.84. The normalized spacial score (nSPS) is 21.5. The largest absolute Gasteiger partial charge is 0.369 e. The highest BCUT2D eigenvalue weighted by Crippen LogP contribution is 2.46. The molecular formula is C27H29ClN6O. The molecule has 180 valence electrons. The van der Waals surface area contributed by atoms with Crippen molar-refractivity contribution in [3.05, 3.63) is 69.9 Å². The maximum Gasteiger partial charge on any atom is 0.229 e. The monoisotopic (exact) mass is 488 g/mol. The number of primary amides is 1. The van der Waals surface area contributed by atoms with Gasteiger partial charge in [-0.1, -0.05) is 29.8 Å². The molecule has 2 aromatic carbocycles. The molecule has 7 nitrogen and oxygen atoms in total. The summed E-state index contributed by atoms with van der Waals surface area (Å²) in [6.45, 7) is 4.29. The van der Waals surface area contributed by atoms with Crippen molar-refractivity contribution in [2.75, 3.05) is 30.4 Å². The van der Waals surface area contributed by atoms with Crippen molar-refractivity contribution in [2.24, 2.45) is 5.73 Å². The van der Waals surface area contributed by atoms with E-state index in [1.807, 2.05) is 36.1 Å². The van der Waals surface area contributed by atoms with E-state index in [1.54, 1.807) is 6.20 Å². The van der Waals surface area contributed by atoms with Gasteiger partial charge in [0.05, 0.1) is 11.6 Å². The molecule has 2 aliphatic heterocycles. The second-order valence-electron chi connectivity index (χ2n) is 10.3. The van der Waals surface area contributed by atoms with Crippen LogP contribution < -0.4 is 16.0 Å². The van der Waals surface area contributed by atoms with Crippen molar-refractivity contribution >= 4 is 40.6 Å². The predicted octanol–water partition coefficient (Wildman–Crippen LogP) is 4.63. The number of likely N-dealkylation sites (N-methyl/N-ethyl adjacent to an activating group) is 1. The van der Waals surface area contributed by atoms with Crippen LogP contribution in [0.25, 0.3) is 0 Å². The van der Waals surface area contributed by atoms with Gasteiger partial charge >= 0.3 is 0 Å². The van der Waals surface area contributed by atoms with Gasteiger partial charge in [-0.15, -0.1) is 0 Å². The molecule has 35 heavy (non-hydrogen) atoms. The Kier molecular flexibility index (Phi) is 5.23. The van der Waals surface area contributed by atoms with Crippen molar-refractivity contribution in [3.8, 4) is 0 Å². The number of fused-ring (bicyclic) bond motifs is 2. The number of anilines is 4. The molecule has 3 aliphatic rings. The SMILES string of the molecule is CN1CCc2c(cc(Nc3ncc(Cl)c(N4CC(C)(C(N)=O)c5ccccc54)n3)cc2C2CC2)C1. The Labute approximate surface area is 210 Å². The molecule has 1 aromatic heterocycles. The fraction of sp³-hybridized carbons (Fsp3) is 0.370. The zero-order chi connectivity index (χ0) is 24.3. The molecule has 0 radical (unpaired) electrons. The number of carbonyl (C=O) groups is 1. The highest BCUT2D eigenvalue weighted by molar-refractivity contribution is 6.33. The molecule has 1 amide bonds. The van der Waals surface area contributed by atoms with Gasteiger partial charge in [-0.3, -0.25) is 4.79 Å². The number of nitrogens with one attached hydrogen (secondary N) is 1. The van der Waals surface area contributed by atoms with Crippen LogP contribution in [-0.2, 0) is 23.2 Å². The van der Waals surface area contributed by atoms with Crippen LogP contribution in [0.4, 0.5) is 23.1 Å². The fourth-order valence-corrected chi connectivity index (χ4v) is 5.70. The molecule has 1 fully saturated rings. The number of para-hydroxylation sites is 1. The highest BCUT2D eigenvalue weighted by Gasteiger charge is 2.44. The lowest BCUT2D eigenvalue weighted by Gasteiger charge is -2.28. The zero-order valence-electron chi connectivity index (χ0n) is 20.0. The quantitative estimate of drug-likeness (QED) is 0.544. The lowest BCUT2D eigenvalue weighted by molar-refractivity contribution is -0.122. The van der Waals surface area contributed by atoms with Crippen LogP contribution >= 0.6 is 11.6 Å². The number of nitrogens with two attached hydrogens (primary N) is 1. The van der Waals surface area contributed by atoms with Gasteiger partial charge in [0.25, 0.3) is 0 Å². The van der Waals surface area contributed by atoms with E-state index in [0.29, 0.717) is 29.3 Å². The van der Waals surface area contributed by atoms with Gasteiger partial charge in [-0.25, -0.2) is 4.98 Å². The summed E-state index contributed by atoms with van der Waals surface area (Å²) >= 11 is 6.59. The number of hydrogen-bond acceptors (Lipinski definition) is 6. The average Bonchev–Trinajstić information content (AvgIpc) is 3.64. The first-order chi connectivity index (χ1) is 16.8. The molecule has 3 heterocycles. The fourth-order valence-electron chi connectivity index (χ4n) is 5.50. The topological polar surface area (TPSA) is 87.4 Å². The van der Waals surface area contributed by atoms with Gasteiger partial charge in [0.2, 0.25) is 11.9 Å². The summed E-state index contributed by atoms with van der Waals surface area (Å²) < 4.78 is 0. The Morgan fingerprint density at radius 3 is 2.83 bits per heavy atom. The van der Waals surface area contributed by atoms with E-state index in [-0.39, 0.29) is 5.91 Å². The maximum absolute atomic E-state index is 12.4. The third-order valence-electron chi connectivity index (χ3n) is 7.62. The molecule has 6 rings (SSSR count). The molecule has 1 aliphatic carbocycles. The number of nitrogens with zero attached hydrogens (tertiary/aromatic N) is 4. The number of halogens is 1. The number of carbonyl (C=O) groups excluding carboxylic acids is 1. The molecule has 3 aromatic rings. The molecular weight excluding hydrogens is 460 g/mol. The van der Waals surface area contributed by atoms with E-state index < -0.39 is 5.41 Å². The average molecular weight is 489 g/mol. The molecule has 8 heteroatoms. The van der Waals surface area contributed by atoms with E-state index >= 15 is 0 Å². The summed E-state index contributed by atoms with van der Waals surface area (Å²) in [5.74, 6) is 1.33. The number of benzene rings is 2. The van der Waals surface area contributed by atoms with Crippen molar-refractivity contribution in [1.82, 2.24) is 14.9 Å². The predicted molar refractivity (Wildman–Crippen MR) is 139 cm³/mol. The van der Waals surface area contributed by atoms with E-state index in [0.717, 1.165) is 36.4 Å². The van der Waals surface area contributed by atoms with E-state index in [1.165, 1.54) is 29.5 Å². The van der Waals surface area contributed by atoms with Gasteiger partial charge in [-0.2, -0.15) is 4.98 Å². The molecule has 0 bridgehead atoms. The standard InChI is InChI=1S/C27H29ClN6O/c1-27(25(29)35)15-34(23-6-4-3-5-21(23)27)24-22(28)13-30-26(32-24)31-18-11-17-14-33(2)10-9-19(17)20(12-18)16-7-8-16/h3-6,11-13,16H,7-10,14-15H2,1-2H3,(H2,29,35)(H,30,31,32). The first kappa shape index (κ1) is 22.3. The van der Waals surface area contributed by atoms with Crippen LogP contribution in [0.2, 0.25) is 5.02 Å². The van der Waals surface area contributed by atoms with Gasteiger partial charge in [0.15, 0.2) is 5.82 Å². The van der Waals surface area contributed by atoms with Gasteiger partial charge in [-0.05, 0) is 79.6 Å². The minimum atomic E-state index is -0.831. The molecule has 1 atom stereocenters. The third-order valence-corrected chi connectivity index (χ3v) is 7.89. The Hall–Kier alpha value is -3.16. The summed E-state index contributed by atoms with van der Waals surface area (Å²) in [4.78, 5) is 26.0. The summed E-state index contributed by atoms with van der Waals surface area (Å²) in [7, 11) is 2.17. The Balaban J connectivity index is 1.36. The second kappa shape index (κ2) is 8.21. The minimum Gasteiger partial charge on any atom is -0.369 e. The Morgan fingerprint density at radius 1 is 1.26 bits per heavy atom. The molecule has 0 saturated heterocycles. The van der Waals surface area contributed by atoms with E-state index in [9.17, 15) is 4.79 Å². The van der Waals surface area contributed by atoms with Crippen LogP contribution in [0.5, 0.6) is 0 Å². The highest BCUT2D eigenvalue weighted by atomic mass is 35.5. The summed E-state index contributed by atoms with van der Waals surface area (Å²) in [5, 5.41) is 3.85. The van der Waals surface area contributed by atoms with Gasteiger partial charge in [0, 0.05) is 31.0 Å². The Bertz CT molecular complexity index is 1340. The van der Waals surface area contributed by atoms with Crippen LogP contribution in [0, 0.1) is 0 Å². The first-order valence-electron chi connectivity index (χ1n) is 12.1. The number of aromatic nitrogens is 2. The van der Waals surface area contributed by atoms with Crippen molar-refractivity contribution < 1.29 is 4.79 Å². The van der Waals surface area contributed by atoms with Crippen LogP contribution in [0.1, 0.15) is 47.9 Å². The minimum absolute atomic E-state index is 0.370. The molecule has 1 unspecified atom stereocenters. The van der Waals surface area contributed by atoms with Crippen molar-refractivity contribution in [2.45, 2.75) is 44.1 Å². The Morgan fingerprint density at radius 2 is 2.06 bits per heavy atom. The zero-order valence-corrected chi connectivity index (χ0v) is 20.8. The molecule has 0 spiro atoms. The number of hydrogen-bond donors (Lipinski definition) is 2. The van der Waals surface area contributed by atoms with Crippen LogP contribution in [0.15, 0.2) is 42.6 Å². The number of rotatable bonds is 5. The van der Waals surface area contributed by atoms with Crippen molar-refractivity contribution in [3.63, 3.8) is 0 Å². The van der Waals surface area contributed by atoms with Gasteiger partial charge < -0.3 is 20.9 Å². The van der Waals surface area contributed by atoms with E-state index in [4.69, 9.17) is 22.3 Å². The second-order valence-corrected chi connectivity index (χ2v) is 10.7. The smallest absolute Gasteiger partial charge is 0.229 e. The summed E-state index contributed by atoms with van der Waals surface area (Å²) in [6, 6.07) is 12.3. The summed E-state index contributed by atoms with van der Waals surface area (Å²) in [5.41, 5.74) is 12.1. The third kappa shape index (κ3) is 3.83. The molecule has 1 saturated carbocycles.